The fourth-order valence-corrected chi connectivity index (χ4v) is 4.87. The van der Waals surface area contributed by atoms with Gasteiger partial charge in [0.05, 0.1) is 0 Å². The molecule has 0 aromatic heterocycles. The second-order valence-corrected chi connectivity index (χ2v) is 7.36. The minimum Gasteiger partial charge on any atom is -0.482 e. The van der Waals surface area contributed by atoms with E-state index in [-0.39, 0.29) is 11.0 Å². The van der Waals surface area contributed by atoms with Gasteiger partial charge in [0, 0.05) is 11.0 Å². The Kier molecular flexibility index (Phi) is 1.98. The van der Waals surface area contributed by atoms with Crippen molar-refractivity contribution < 1.29 is 4.74 Å². The zero-order valence-corrected chi connectivity index (χ0v) is 12.1. The summed E-state index contributed by atoms with van der Waals surface area (Å²) in [7, 11) is 0. The molecule has 100 valence electrons. The van der Waals surface area contributed by atoms with E-state index >= 15 is 0 Å². The summed E-state index contributed by atoms with van der Waals surface area (Å²) in [5, 5.41) is 0. The van der Waals surface area contributed by atoms with Gasteiger partial charge >= 0.3 is 0 Å². The third-order valence-corrected chi connectivity index (χ3v) is 6.66. The van der Waals surface area contributed by atoms with Crippen molar-refractivity contribution in [2.24, 2.45) is 16.7 Å². The normalized spacial score (nSPS) is 41.3. The largest absolute Gasteiger partial charge is 0.482 e. The maximum Gasteiger partial charge on any atom is 0.134 e. The fourth-order valence-electron chi connectivity index (χ4n) is 4.87. The van der Waals surface area contributed by atoms with Gasteiger partial charge < -0.3 is 4.74 Å². The molecule has 0 amide bonds. The first-order valence-electron chi connectivity index (χ1n) is 7.46. The van der Waals surface area contributed by atoms with E-state index in [1.54, 1.807) is 0 Å². The van der Waals surface area contributed by atoms with E-state index in [0.29, 0.717) is 5.41 Å². The second-order valence-electron chi connectivity index (χ2n) is 7.36. The third-order valence-electron chi connectivity index (χ3n) is 6.66. The Morgan fingerprint density at radius 2 is 1.95 bits per heavy atom. The molecule has 4 rings (SSSR count). The van der Waals surface area contributed by atoms with Crippen molar-refractivity contribution in [3.63, 3.8) is 0 Å². The molecule has 1 nitrogen and oxygen atoms in total. The van der Waals surface area contributed by atoms with Crippen LogP contribution in [0.15, 0.2) is 30.3 Å². The van der Waals surface area contributed by atoms with Crippen molar-refractivity contribution in [2.45, 2.75) is 45.6 Å². The molecule has 3 atom stereocenters. The van der Waals surface area contributed by atoms with Crippen LogP contribution in [0.5, 0.6) is 5.75 Å². The molecule has 1 heterocycles. The number of fused-ring (bicyclic) bond motifs is 4. The van der Waals surface area contributed by atoms with Gasteiger partial charge in [0.25, 0.3) is 0 Å². The molecule has 1 aromatic carbocycles. The summed E-state index contributed by atoms with van der Waals surface area (Å²) >= 11 is 0. The van der Waals surface area contributed by atoms with Crippen LogP contribution in [0.1, 0.15) is 45.6 Å². The lowest BCUT2D eigenvalue weighted by molar-refractivity contribution is -0.0321. The van der Waals surface area contributed by atoms with Gasteiger partial charge in [-0.05, 0) is 42.7 Å². The fraction of sp³-hybridized carbons (Fsp3) is 0.556. The van der Waals surface area contributed by atoms with Gasteiger partial charge in [0.2, 0.25) is 0 Å². The van der Waals surface area contributed by atoms with Crippen molar-refractivity contribution in [2.75, 3.05) is 0 Å². The molecule has 1 aliphatic heterocycles. The lowest BCUT2D eigenvalue weighted by Gasteiger charge is -2.48. The molecular formula is C18H22O. The number of hydrogen-bond donors (Lipinski definition) is 0. The number of ether oxygens (including phenoxy) is 1. The third kappa shape index (κ3) is 1.17. The van der Waals surface area contributed by atoms with Crippen molar-refractivity contribution in [1.29, 1.82) is 0 Å². The smallest absolute Gasteiger partial charge is 0.134 e. The molecule has 1 spiro atoms. The minimum atomic E-state index is -0.0756. The number of para-hydroxylation sites is 1. The molecule has 3 unspecified atom stereocenters. The van der Waals surface area contributed by atoms with Crippen molar-refractivity contribution >= 4 is 6.08 Å². The zero-order chi connectivity index (χ0) is 13.3. The molecule has 3 aliphatic rings. The van der Waals surface area contributed by atoms with E-state index in [1.807, 2.05) is 0 Å². The maximum absolute atomic E-state index is 6.57. The van der Waals surface area contributed by atoms with E-state index in [1.165, 1.54) is 24.8 Å². The average molecular weight is 254 g/mol. The summed E-state index contributed by atoms with van der Waals surface area (Å²) in [6.07, 6.45) is 8.47. The Balaban J connectivity index is 1.83. The maximum atomic E-state index is 6.57. The summed E-state index contributed by atoms with van der Waals surface area (Å²) in [6.45, 7) is 7.33. The summed E-state index contributed by atoms with van der Waals surface area (Å²) in [5.41, 5.74) is 1.78. The second kappa shape index (κ2) is 3.26. The Bertz CT molecular complexity index is 571. The van der Waals surface area contributed by atoms with Crippen LogP contribution in [0.3, 0.4) is 0 Å². The Labute approximate surface area is 115 Å². The van der Waals surface area contributed by atoms with Crippen LogP contribution in [-0.2, 0) is 0 Å². The van der Waals surface area contributed by atoms with Crippen LogP contribution < -0.4 is 4.74 Å². The molecule has 1 heteroatoms. The lowest BCUT2D eigenvalue weighted by atomic mass is 9.64. The highest BCUT2D eigenvalue weighted by molar-refractivity contribution is 5.62. The molecule has 0 N–H and O–H groups in total. The Morgan fingerprint density at radius 1 is 1.16 bits per heavy atom. The van der Waals surface area contributed by atoms with E-state index in [9.17, 15) is 0 Å². The molecule has 0 radical (unpaired) electrons. The first kappa shape index (κ1) is 11.6. The van der Waals surface area contributed by atoms with Gasteiger partial charge in [-0.3, -0.25) is 0 Å². The van der Waals surface area contributed by atoms with E-state index in [2.05, 4.69) is 57.2 Å². The minimum absolute atomic E-state index is 0.0756. The topological polar surface area (TPSA) is 9.23 Å². The molecule has 2 saturated carbocycles. The number of benzene rings is 1. The van der Waals surface area contributed by atoms with Gasteiger partial charge in [-0.15, -0.1) is 0 Å². The summed E-state index contributed by atoms with van der Waals surface area (Å²) in [4.78, 5) is 0. The van der Waals surface area contributed by atoms with Crippen molar-refractivity contribution in [3.05, 3.63) is 35.9 Å². The molecular weight excluding hydrogens is 232 g/mol. The standard InChI is InChI=1S/C18H22O/c1-16(2)14-9-10-17(16,3)18(12-14)11-8-13-6-4-5-7-15(13)19-18/h4-8,11,14H,9-10,12H2,1-3H3. The van der Waals surface area contributed by atoms with Crippen LogP contribution in [0.25, 0.3) is 6.08 Å². The first-order valence-corrected chi connectivity index (χ1v) is 7.46. The van der Waals surface area contributed by atoms with E-state index in [0.717, 1.165) is 11.7 Å². The number of hydrogen-bond acceptors (Lipinski definition) is 1. The monoisotopic (exact) mass is 254 g/mol. The summed E-state index contributed by atoms with van der Waals surface area (Å²) in [6, 6.07) is 8.41. The predicted octanol–water partition coefficient (Wildman–Crippen LogP) is 4.68. The van der Waals surface area contributed by atoms with Crippen LogP contribution >= 0.6 is 0 Å². The van der Waals surface area contributed by atoms with Crippen LogP contribution in [-0.4, -0.2) is 5.60 Å². The van der Waals surface area contributed by atoms with Crippen molar-refractivity contribution in [1.82, 2.24) is 0 Å². The molecule has 19 heavy (non-hydrogen) atoms. The average Bonchev–Trinajstić information content (AvgIpc) is 2.71. The molecule has 2 aliphatic carbocycles. The van der Waals surface area contributed by atoms with E-state index < -0.39 is 0 Å². The van der Waals surface area contributed by atoms with E-state index in [4.69, 9.17) is 4.74 Å². The van der Waals surface area contributed by atoms with Crippen molar-refractivity contribution in [3.8, 4) is 5.75 Å². The van der Waals surface area contributed by atoms with Crippen LogP contribution in [0.2, 0.25) is 0 Å². The Morgan fingerprint density at radius 3 is 2.63 bits per heavy atom. The van der Waals surface area contributed by atoms with Gasteiger partial charge in [-0.25, -0.2) is 0 Å². The SMILES string of the molecule is CC1(C)C2CCC1(C)C1(C=Cc3ccccc3O1)C2. The van der Waals surface area contributed by atoms with Gasteiger partial charge in [-0.1, -0.05) is 45.0 Å². The highest BCUT2D eigenvalue weighted by Crippen LogP contribution is 2.71. The first-order chi connectivity index (χ1) is 8.99. The van der Waals surface area contributed by atoms with Gasteiger partial charge in [-0.2, -0.15) is 0 Å². The van der Waals surface area contributed by atoms with Gasteiger partial charge in [0.1, 0.15) is 11.4 Å². The zero-order valence-electron chi connectivity index (χ0n) is 12.1. The number of rotatable bonds is 0. The quantitative estimate of drug-likeness (QED) is 0.653. The summed E-state index contributed by atoms with van der Waals surface area (Å²) in [5.74, 6) is 1.86. The molecule has 2 bridgehead atoms. The molecule has 1 aromatic rings. The highest BCUT2D eigenvalue weighted by atomic mass is 16.5. The summed E-state index contributed by atoms with van der Waals surface area (Å²) < 4.78 is 6.57. The van der Waals surface area contributed by atoms with Crippen LogP contribution in [0, 0.1) is 16.7 Å². The van der Waals surface area contributed by atoms with Gasteiger partial charge in [0.15, 0.2) is 0 Å². The Hall–Kier alpha value is -1.24. The predicted molar refractivity (Wildman–Crippen MR) is 78.1 cm³/mol. The lowest BCUT2D eigenvalue weighted by Crippen LogP contribution is -2.50. The molecule has 2 fully saturated rings. The van der Waals surface area contributed by atoms with Crippen LogP contribution in [0.4, 0.5) is 0 Å². The molecule has 0 saturated heterocycles. The highest BCUT2D eigenvalue weighted by Gasteiger charge is 2.69.